The summed E-state index contributed by atoms with van der Waals surface area (Å²) in [4.78, 5) is 22.2. The molecule has 0 bridgehead atoms. The van der Waals surface area contributed by atoms with Gasteiger partial charge < -0.3 is 9.84 Å². The Labute approximate surface area is 299 Å². The summed E-state index contributed by atoms with van der Waals surface area (Å²) in [7, 11) is 0. The van der Waals surface area contributed by atoms with Gasteiger partial charge in [-0.1, -0.05) is 40.2 Å². The standard InChI is InChI=1S/C16H11F4IO2.C9H8BrFO.C7H4F3IO/c1-9(22)12-4-2-3-10(15(12)17)8-23-14-6-5-11(7-13(14)21)16(18,19)20;1-6(12)8-4-2-3-7(5-10)9(8)11;8-7(9,10)4-1-2-6(12)5(11)3-4/h2-7H,8H2,1H3;2-4H,5H2,1H3;1-3,12H. The predicted octanol–water partition coefficient (Wildman–Crippen LogP) is 11.2. The third-order valence-corrected chi connectivity index (χ3v) is 8.29. The summed E-state index contributed by atoms with van der Waals surface area (Å²) < 4.78 is 107. The van der Waals surface area contributed by atoms with Gasteiger partial charge in [-0.3, -0.25) is 9.59 Å². The number of rotatable bonds is 6. The maximum atomic E-state index is 14.1. The first-order valence-electron chi connectivity index (χ1n) is 13.0. The Morgan fingerprint density at radius 2 is 1.17 bits per heavy atom. The van der Waals surface area contributed by atoms with E-state index in [-0.39, 0.29) is 47.7 Å². The molecule has 0 aliphatic carbocycles. The quantitative estimate of drug-likeness (QED) is 0.0905. The van der Waals surface area contributed by atoms with Crippen LogP contribution in [0.3, 0.4) is 0 Å². The number of carbonyl (C=O) groups is 2. The van der Waals surface area contributed by atoms with Crippen molar-refractivity contribution in [1.29, 1.82) is 0 Å². The number of carbonyl (C=O) groups excluding carboxylic acids is 2. The van der Waals surface area contributed by atoms with E-state index < -0.39 is 40.9 Å². The van der Waals surface area contributed by atoms with Crippen molar-refractivity contribution in [3.8, 4) is 11.5 Å². The normalized spacial score (nSPS) is 11.1. The summed E-state index contributed by atoms with van der Waals surface area (Å²) >= 11 is 6.50. The van der Waals surface area contributed by atoms with E-state index in [2.05, 4.69) is 15.9 Å². The zero-order chi connectivity index (χ0) is 35.7. The van der Waals surface area contributed by atoms with Crippen molar-refractivity contribution < 1.29 is 54.6 Å². The first kappa shape index (κ1) is 40.4. The van der Waals surface area contributed by atoms with Gasteiger partial charge in [0.1, 0.15) is 29.7 Å². The van der Waals surface area contributed by atoms with Crippen LogP contribution < -0.4 is 4.74 Å². The molecule has 47 heavy (non-hydrogen) atoms. The van der Waals surface area contributed by atoms with Crippen LogP contribution in [-0.4, -0.2) is 16.7 Å². The maximum Gasteiger partial charge on any atom is 0.416 e. The molecule has 0 unspecified atom stereocenters. The van der Waals surface area contributed by atoms with Gasteiger partial charge in [0.15, 0.2) is 11.6 Å². The van der Waals surface area contributed by atoms with E-state index in [0.29, 0.717) is 10.9 Å². The molecule has 15 heteroatoms. The minimum atomic E-state index is -4.43. The minimum absolute atomic E-state index is 0.0479. The van der Waals surface area contributed by atoms with Gasteiger partial charge in [0.25, 0.3) is 0 Å². The van der Waals surface area contributed by atoms with Crippen LogP contribution in [-0.2, 0) is 24.3 Å². The molecule has 4 nitrogen and oxygen atoms in total. The average molecular weight is 957 g/mol. The molecule has 0 amide bonds. The van der Waals surface area contributed by atoms with E-state index in [4.69, 9.17) is 9.84 Å². The molecule has 0 fully saturated rings. The molecule has 0 aliphatic rings. The molecule has 0 aromatic heterocycles. The highest BCUT2D eigenvalue weighted by Gasteiger charge is 2.31. The molecule has 0 saturated heterocycles. The summed E-state index contributed by atoms with van der Waals surface area (Å²) in [6.45, 7) is 2.42. The van der Waals surface area contributed by atoms with Gasteiger partial charge in [0, 0.05) is 10.9 Å². The number of hydrogen-bond acceptors (Lipinski definition) is 4. The third-order valence-electron chi connectivity index (χ3n) is 5.98. The number of phenols is 1. The van der Waals surface area contributed by atoms with Crippen LogP contribution in [0.1, 0.15) is 56.8 Å². The van der Waals surface area contributed by atoms with E-state index >= 15 is 0 Å². The second-order valence-corrected chi connectivity index (χ2v) is 12.3. The molecule has 4 aromatic carbocycles. The number of aromatic hydroxyl groups is 1. The Kier molecular flexibility index (Phi) is 15.1. The second kappa shape index (κ2) is 17.6. The predicted molar refractivity (Wildman–Crippen MR) is 180 cm³/mol. The van der Waals surface area contributed by atoms with E-state index in [1.165, 1.54) is 44.2 Å². The fourth-order valence-corrected chi connectivity index (χ4v) is 5.17. The van der Waals surface area contributed by atoms with Crippen molar-refractivity contribution in [3.05, 3.63) is 125 Å². The summed E-state index contributed by atoms with van der Waals surface area (Å²) in [6.07, 6.45) is -8.77. The summed E-state index contributed by atoms with van der Waals surface area (Å²) in [6, 6.07) is 15.0. The molecular weight excluding hydrogens is 934 g/mol. The van der Waals surface area contributed by atoms with Crippen molar-refractivity contribution in [2.75, 3.05) is 0 Å². The first-order chi connectivity index (χ1) is 21.8. The summed E-state index contributed by atoms with van der Waals surface area (Å²) in [5, 5.41) is 9.37. The van der Waals surface area contributed by atoms with Gasteiger partial charge >= 0.3 is 12.4 Å². The fourth-order valence-electron chi connectivity index (χ4n) is 3.55. The van der Waals surface area contributed by atoms with E-state index in [0.717, 1.165) is 30.3 Å². The molecule has 0 saturated carbocycles. The number of ether oxygens (including phenoxy) is 1. The van der Waals surface area contributed by atoms with Crippen LogP contribution in [0.5, 0.6) is 11.5 Å². The number of halogens is 11. The highest BCUT2D eigenvalue weighted by molar-refractivity contribution is 14.1. The van der Waals surface area contributed by atoms with Gasteiger partial charge in [0.2, 0.25) is 0 Å². The number of hydrogen-bond donors (Lipinski definition) is 1. The molecule has 1 N–H and O–H groups in total. The molecule has 4 rings (SSSR count). The van der Waals surface area contributed by atoms with E-state index in [1.807, 2.05) is 0 Å². The molecule has 0 atom stereocenters. The van der Waals surface area contributed by atoms with Gasteiger partial charge in [-0.2, -0.15) is 26.3 Å². The Bertz CT molecular complexity index is 1730. The van der Waals surface area contributed by atoms with Crippen LogP contribution in [0.25, 0.3) is 0 Å². The fraction of sp³-hybridized carbons (Fsp3) is 0.188. The first-order valence-corrected chi connectivity index (χ1v) is 16.2. The molecule has 252 valence electrons. The molecule has 4 aromatic rings. The molecule has 0 radical (unpaired) electrons. The number of benzene rings is 4. The van der Waals surface area contributed by atoms with Gasteiger partial charge in [-0.05, 0) is 113 Å². The zero-order valence-electron chi connectivity index (χ0n) is 24.2. The lowest BCUT2D eigenvalue weighted by molar-refractivity contribution is -0.138. The van der Waals surface area contributed by atoms with Crippen LogP contribution in [0.15, 0.2) is 72.8 Å². The van der Waals surface area contributed by atoms with E-state index in [9.17, 15) is 44.7 Å². The van der Waals surface area contributed by atoms with Crippen molar-refractivity contribution in [3.63, 3.8) is 0 Å². The Hall–Kier alpha value is -2.80. The highest BCUT2D eigenvalue weighted by atomic mass is 127. The maximum absolute atomic E-state index is 14.1. The molecule has 0 heterocycles. The van der Waals surface area contributed by atoms with Gasteiger partial charge in [0.05, 0.1) is 29.4 Å². The third kappa shape index (κ3) is 12.0. The zero-order valence-corrected chi connectivity index (χ0v) is 30.1. The lowest BCUT2D eigenvalue weighted by Gasteiger charge is -2.12. The molecule has 0 spiro atoms. The Morgan fingerprint density at radius 3 is 1.60 bits per heavy atom. The van der Waals surface area contributed by atoms with Crippen molar-refractivity contribution in [2.45, 2.75) is 38.1 Å². The largest absolute Gasteiger partial charge is 0.507 e. The number of Topliss-reactive ketones (excluding diaryl/α,β-unsaturated/α-hetero) is 2. The Balaban J connectivity index is 0.000000270. The summed E-state index contributed by atoms with van der Waals surface area (Å²) in [5.41, 5.74) is -0.736. The van der Waals surface area contributed by atoms with Crippen molar-refractivity contribution >= 4 is 72.7 Å². The monoisotopic (exact) mass is 956 g/mol. The number of alkyl halides is 7. The van der Waals surface area contributed by atoms with Crippen LogP contribution in [0.4, 0.5) is 35.1 Å². The van der Waals surface area contributed by atoms with Crippen LogP contribution in [0.2, 0.25) is 0 Å². The van der Waals surface area contributed by atoms with Gasteiger partial charge in [-0.15, -0.1) is 0 Å². The van der Waals surface area contributed by atoms with Crippen LogP contribution in [0, 0.1) is 18.8 Å². The van der Waals surface area contributed by atoms with Crippen molar-refractivity contribution in [1.82, 2.24) is 0 Å². The lowest BCUT2D eigenvalue weighted by Crippen LogP contribution is -2.07. The highest BCUT2D eigenvalue weighted by Crippen LogP contribution is 2.34. The van der Waals surface area contributed by atoms with Crippen LogP contribution >= 0.6 is 61.1 Å². The second-order valence-electron chi connectivity index (χ2n) is 9.40. The lowest BCUT2D eigenvalue weighted by atomic mass is 10.1. The average Bonchev–Trinajstić information content (AvgIpc) is 2.98. The molecule has 0 aliphatic heterocycles. The smallest absolute Gasteiger partial charge is 0.416 e. The van der Waals surface area contributed by atoms with Crippen molar-refractivity contribution in [2.24, 2.45) is 0 Å². The Morgan fingerprint density at radius 1 is 0.723 bits per heavy atom. The number of ketones is 2. The number of phenolic OH excluding ortho intramolecular Hbond substituents is 1. The topological polar surface area (TPSA) is 63.6 Å². The SMILES string of the molecule is CC(=O)c1cccc(CBr)c1F.CC(=O)c1cccc(COc2ccc(C(F)(F)F)cc2I)c1F.Oc1ccc(C(F)(F)F)cc1I. The molecular formula is C32H23BrF8I2O4. The van der Waals surface area contributed by atoms with E-state index in [1.54, 1.807) is 57.3 Å². The minimum Gasteiger partial charge on any atom is -0.507 e. The summed E-state index contributed by atoms with van der Waals surface area (Å²) in [5.74, 6) is -1.66. The van der Waals surface area contributed by atoms with Gasteiger partial charge in [-0.25, -0.2) is 8.78 Å².